The fourth-order valence-electron chi connectivity index (χ4n) is 4.48. The van der Waals surface area contributed by atoms with E-state index in [9.17, 15) is 0 Å². The lowest BCUT2D eigenvalue weighted by molar-refractivity contribution is 0.305. The molecule has 0 saturated heterocycles. The van der Waals surface area contributed by atoms with E-state index in [1.54, 1.807) is 0 Å². The van der Waals surface area contributed by atoms with Gasteiger partial charge in [0.15, 0.2) is 0 Å². The Morgan fingerprint density at radius 3 is 2.39 bits per heavy atom. The van der Waals surface area contributed by atoms with E-state index in [0.29, 0.717) is 5.96 Å². The summed E-state index contributed by atoms with van der Waals surface area (Å²) in [6, 6.07) is 16.3. The Morgan fingerprint density at radius 2 is 1.57 bits per heavy atom. The molecular weight excluding hydrogens is 350 g/mol. The fraction of sp³-hybridized carbons (Fsp3) is 0.286. The number of benzene rings is 2. The summed E-state index contributed by atoms with van der Waals surface area (Å²) in [5, 5.41) is 0. The lowest BCUT2D eigenvalue weighted by Gasteiger charge is -2.46. The summed E-state index contributed by atoms with van der Waals surface area (Å²) in [4.78, 5) is 15.7. The zero-order valence-electron chi connectivity index (χ0n) is 15.6. The minimum absolute atomic E-state index is 0.265. The molecule has 1 aliphatic heterocycles. The Labute approximate surface area is 163 Å². The minimum atomic E-state index is -0.472. The quantitative estimate of drug-likeness (QED) is 0.721. The zero-order valence-corrected chi connectivity index (χ0v) is 15.6. The summed E-state index contributed by atoms with van der Waals surface area (Å²) in [7, 11) is 0. The van der Waals surface area contributed by atoms with E-state index in [4.69, 9.17) is 16.5 Å². The van der Waals surface area contributed by atoms with Crippen LogP contribution in [-0.4, -0.2) is 27.1 Å². The van der Waals surface area contributed by atoms with Crippen LogP contribution in [0.3, 0.4) is 0 Å². The predicted octanol–water partition coefficient (Wildman–Crippen LogP) is 3.14. The van der Waals surface area contributed by atoms with Crippen LogP contribution in [0, 0.1) is 0 Å². The first-order valence-electron chi connectivity index (χ1n) is 9.69. The molecule has 0 amide bonds. The second-order valence-electron chi connectivity index (χ2n) is 7.41. The number of aliphatic imine (C=N–C) groups is 2. The van der Waals surface area contributed by atoms with Crippen molar-refractivity contribution in [3.63, 3.8) is 0 Å². The molecule has 4 N–H and O–H groups in total. The van der Waals surface area contributed by atoms with Crippen molar-refractivity contribution in [1.82, 2.24) is 9.55 Å². The molecule has 1 spiro atoms. The van der Waals surface area contributed by atoms with Crippen LogP contribution in [0.1, 0.15) is 32.1 Å². The molecule has 1 fully saturated rings. The van der Waals surface area contributed by atoms with E-state index in [1.807, 2.05) is 36.7 Å². The number of nitrogens with two attached hydrogens (primary N) is 2. The minimum Gasteiger partial charge on any atom is -0.369 e. The first-order chi connectivity index (χ1) is 13.7. The Morgan fingerprint density at radius 1 is 0.857 bits per heavy atom. The van der Waals surface area contributed by atoms with Crippen LogP contribution >= 0.6 is 0 Å². The third-order valence-electron chi connectivity index (χ3n) is 5.69. The molecule has 7 heteroatoms. The van der Waals surface area contributed by atoms with Crippen LogP contribution < -0.4 is 16.4 Å². The van der Waals surface area contributed by atoms with Crippen LogP contribution in [0.2, 0.25) is 0 Å². The third-order valence-corrected chi connectivity index (χ3v) is 5.69. The molecule has 28 heavy (non-hydrogen) atoms. The Bertz CT molecular complexity index is 1090. The molecule has 1 aromatic heterocycles. The van der Waals surface area contributed by atoms with Crippen molar-refractivity contribution in [2.75, 3.05) is 4.90 Å². The SMILES string of the molecule is NC1=NC2(CCCCC2)N(c2ccccc2-n2cnc3ccccc32)C(N)=N1. The van der Waals surface area contributed by atoms with Crippen molar-refractivity contribution >= 4 is 28.6 Å². The molecule has 3 aromatic rings. The van der Waals surface area contributed by atoms with E-state index in [2.05, 4.69) is 37.6 Å². The number of nitrogens with zero attached hydrogens (tertiary/aromatic N) is 5. The van der Waals surface area contributed by atoms with E-state index in [-0.39, 0.29) is 5.96 Å². The standard InChI is InChI=1S/C21H23N7/c22-19-25-20(23)28(21(26-19)12-6-1-7-13-21)18-11-5-4-10-17(18)27-14-24-15-8-2-3-9-16(15)27/h2-5,8-11,14H,1,6-7,12-13H2,(H4,22,23,25,26). The number of imidazole rings is 1. The van der Waals surface area contributed by atoms with Crippen LogP contribution in [0.5, 0.6) is 0 Å². The Kier molecular flexibility index (Phi) is 3.82. The highest BCUT2D eigenvalue weighted by atomic mass is 15.4. The molecule has 0 atom stereocenters. The van der Waals surface area contributed by atoms with Crippen molar-refractivity contribution in [3.05, 3.63) is 54.9 Å². The van der Waals surface area contributed by atoms with E-state index in [0.717, 1.165) is 48.1 Å². The molecule has 2 heterocycles. The van der Waals surface area contributed by atoms with Gasteiger partial charge in [-0.05, 0) is 49.9 Å². The van der Waals surface area contributed by atoms with Gasteiger partial charge in [-0.2, -0.15) is 4.99 Å². The average Bonchev–Trinajstić information content (AvgIpc) is 3.12. The van der Waals surface area contributed by atoms with Crippen molar-refractivity contribution < 1.29 is 0 Å². The number of fused-ring (bicyclic) bond motifs is 1. The Balaban J connectivity index is 1.70. The maximum absolute atomic E-state index is 6.43. The molecular formula is C21H23N7. The first-order valence-corrected chi connectivity index (χ1v) is 9.69. The van der Waals surface area contributed by atoms with Gasteiger partial charge in [-0.3, -0.25) is 9.47 Å². The molecule has 1 saturated carbocycles. The lowest BCUT2D eigenvalue weighted by atomic mass is 9.87. The molecule has 0 unspecified atom stereocenters. The zero-order chi connectivity index (χ0) is 19.1. The van der Waals surface area contributed by atoms with Crippen molar-refractivity contribution in [2.24, 2.45) is 21.5 Å². The topological polar surface area (TPSA) is 97.8 Å². The highest BCUT2D eigenvalue weighted by molar-refractivity contribution is 6.06. The van der Waals surface area contributed by atoms with Gasteiger partial charge in [0.2, 0.25) is 11.9 Å². The van der Waals surface area contributed by atoms with Gasteiger partial charge in [-0.25, -0.2) is 9.98 Å². The summed E-state index contributed by atoms with van der Waals surface area (Å²) in [5.41, 5.74) is 15.9. The van der Waals surface area contributed by atoms with Crippen molar-refractivity contribution in [3.8, 4) is 5.69 Å². The molecule has 1 aliphatic carbocycles. The second kappa shape index (κ2) is 6.37. The maximum Gasteiger partial charge on any atom is 0.220 e. The smallest absolute Gasteiger partial charge is 0.220 e. The van der Waals surface area contributed by atoms with Crippen molar-refractivity contribution in [1.29, 1.82) is 0 Å². The molecule has 2 aliphatic rings. The first kappa shape index (κ1) is 16.8. The van der Waals surface area contributed by atoms with Gasteiger partial charge in [0.1, 0.15) is 12.0 Å². The van der Waals surface area contributed by atoms with Gasteiger partial charge < -0.3 is 11.5 Å². The number of anilines is 1. The maximum atomic E-state index is 6.43. The lowest BCUT2D eigenvalue weighted by Crippen LogP contribution is -2.58. The number of aromatic nitrogens is 2. The van der Waals surface area contributed by atoms with Crippen LogP contribution in [0.4, 0.5) is 5.69 Å². The molecule has 2 aromatic carbocycles. The van der Waals surface area contributed by atoms with Gasteiger partial charge >= 0.3 is 0 Å². The Hall–Kier alpha value is -3.35. The van der Waals surface area contributed by atoms with Crippen molar-refractivity contribution in [2.45, 2.75) is 37.8 Å². The van der Waals surface area contributed by atoms with Gasteiger partial charge in [0.05, 0.1) is 22.4 Å². The van der Waals surface area contributed by atoms with E-state index >= 15 is 0 Å². The fourth-order valence-corrected chi connectivity index (χ4v) is 4.48. The van der Waals surface area contributed by atoms with Crippen LogP contribution in [0.15, 0.2) is 64.8 Å². The molecule has 0 radical (unpaired) electrons. The normalized spacial score (nSPS) is 18.9. The third kappa shape index (κ3) is 2.54. The van der Waals surface area contributed by atoms with Gasteiger partial charge in [-0.1, -0.05) is 30.7 Å². The predicted molar refractivity (Wildman–Crippen MR) is 113 cm³/mol. The van der Waals surface area contributed by atoms with Gasteiger partial charge in [0.25, 0.3) is 0 Å². The summed E-state index contributed by atoms with van der Waals surface area (Å²) in [5.74, 6) is 0.660. The monoisotopic (exact) mass is 373 g/mol. The van der Waals surface area contributed by atoms with Gasteiger partial charge in [0, 0.05) is 0 Å². The number of hydrogen-bond donors (Lipinski definition) is 2. The summed E-state index contributed by atoms with van der Waals surface area (Å²) >= 11 is 0. The molecule has 7 nitrogen and oxygen atoms in total. The number of guanidine groups is 2. The molecule has 142 valence electrons. The largest absolute Gasteiger partial charge is 0.369 e. The number of rotatable bonds is 2. The number of hydrogen-bond acceptors (Lipinski definition) is 6. The van der Waals surface area contributed by atoms with E-state index in [1.165, 1.54) is 6.42 Å². The summed E-state index contributed by atoms with van der Waals surface area (Å²) in [6.07, 6.45) is 7.06. The van der Waals surface area contributed by atoms with Crippen LogP contribution in [0.25, 0.3) is 16.7 Å². The summed E-state index contributed by atoms with van der Waals surface area (Å²) < 4.78 is 2.09. The highest BCUT2D eigenvalue weighted by Gasteiger charge is 2.43. The van der Waals surface area contributed by atoms with Gasteiger partial charge in [-0.15, -0.1) is 0 Å². The second-order valence-corrected chi connectivity index (χ2v) is 7.41. The highest BCUT2D eigenvalue weighted by Crippen LogP contribution is 2.41. The summed E-state index contributed by atoms with van der Waals surface area (Å²) in [6.45, 7) is 0. The van der Waals surface area contributed by atoms with Crippen LogP contribution in [-0.2, 0) is 0 Å². The molecule has 5 rings (SSSR count). The van der Waals surface area contributed by atoms with E-state index < -0.39 is 5.66 Å². The average molecular weight is 373 g/mol. The molecule has 0 bridgehead atoms. The number of para-hydroxylation sites is 4.